The van der Waals surface area contributed by atoms with Crippen LogP contribution in [0.25, 0.3) is 0 Å². The van der Waals surface area contributed by atoms with E-state index in [1.54, 1.807) is 19.4 Å². The molecule has 0 aliphatic carbocycles. The molecule has 0 bridgehead atoms. The van der Waals surface area contributed by atoms with Crippen molar-refractivity contribution in [2.75, 3.05) is 12.9 Å². The van der Waals surface area contributed by atoms with Crippen LogP contribution in [0.2, 0.25) is 0 Å². The summed E-state index contributed by atoms with van der Waals surface area (Å²) < 4.78 is 11.3. The van der Waals surface area contributed by atoms with Gasteiger partial charge in [-0.05, 0) is 56.2 Å². The van der Waals surface area contributed by atoms with Crippen LogP contribution in [0.15, 0.2) is 58.8 Å². The number of methoxy groups -OCH3 is 1. The number of hydrogen-bond acceptors (Lipinski definition) is 7. The predicted molar refractivity (Wildman–Crippen MR) is 126 cm³/mol. The number of amides is 1. The number of hydrazone groups is 1. The molecule has 7 nitrogen and oxygen atoms in total. The molecule has 0 saturated heterocycles. The van der Waals surface area contributed by atoms with Crippen molar-refractivity contribution >= 4 is 23.9 Å². The number of aromatic nitrogens is 2. The highest BCUT2D eigenvalue weighted by atomic mass is 32.2. The zero-order valence-corrected chi connectivity index (χ0v) is 19.4. The predicted octanol–water partition coefficient (Wildman–Crippen LogP) is 4.23. The molecule has 3 aromatic rings. The number of ether oxygens (including phenoxy) is 2. The van der Waals surface area contributed by atoms with Gasteiger partial charge in [-0.25, -0.2) is 15.4 Å². The first-order valence-corrected chi connectivity index (χ1v) is 11.0. The molecule has 1 N–H and O–H groups in total. The molecule has 0 fully saturated rings. The fourth-order valence-corrected chi connectivity index (χ4v) is 3.57. The van der Waals surface area contributed by atoms with Gasteiger partial charge in [-0.2, -0.15) is 5.10 Å². The third kappa shape index (κ3) is 7.09. The van der Waals surface area contributed by atoms with Crippen molar-refractivity contribution in [1.29, 1.82) is 0 Å². The summed E-state index contributed by atoms with van der Waals surface area (Å²) in [5.41, 5.74) is 7.32. The Morgan fingerprint density at radius 1 is 1.03 bits per heavy atom. The molecule has 0 atom stereocenters. The van der Waals surface area contributed by atoms with Crippen LogP contribution in [-0.4, -0.2) is 35.0 Å². The second-order valence-corrected chi connectivity index (χ2v) is 8.14. The van der Waals surface area contributed by atoms with Crippen LogP contribution in [0.4, 0.5) is 0 Å². The number of carbonyl (C=O) groups is 1. The van der Waals surface area contributed by atoms with E-state index >= 15 is 0 Å². The fraction of sp³-hybridized carbons (Fsp3) is 0.250. The van der Waals surface area contributed by atoms with Gasteiger partial charge in [0.15, 0.2) is 16.7 Å². The van der Waals surface area contributed by atoms with Crippen molar-refractivity contribution in [3.63, 3.8) is 0 Å². The van der Waals surface area contributed by atoms with Crippen LogP contribution >= 0.6 is 11.8 Å². The van der Waals surface area contributed by atoms with Crippen LogP contribution in [0.3, 0.4) is 0 Å². The first-order chi connectivity index (χ1) is 15.4. The van der Waals surface area contributed by atoms with Gasteiger partial charge in [0.05, 0.1) is 19.1 Å². The summed E-state index contributed by atoms with van der Waals surface area (Å²) in [5, 5.41) is 4.60. The average molecular weight is 451 g/mol. The van der Waals surface area contributed by atoms with E-state index in [0.29, 0.717) is 23.3 Å². The maximum Gasteiger partial charge on any atom is 0.250 e. The summed E-state index contributed by atoms with van der Waals surface area (Å²) in [6.07, 6.45) is 1.56. The van der Waals surface area contributed by atoms with Crippen LogP contribution in [-0.2, 0) is 11.4 Å². The molecule has 0 unspecified atom stereocenters. The molecule has 32 heavy (non-hydrogen) atoms. The van der Waals surface area contributed by atoms with Crippen LogP contribution in [0.1, 0.15) is 28.1 Å². The Hall–Kier alpha value is -3.39. The Morgan fingerprint density at radius 3 is 2.44 bits per heavy atom. The standard InChI is InChI=1S/C24H26N4O3S/c1-16-5-7-19(8-6-16)14-31-21-10-9-20(12-22(21)30-4)13-25-28-23(29)15-32-24-26-17(2)11-18(3)27-24/h5-13H,14-15H2,1-4H3,(H,28,29)/b25-13-. The van der Waals surface area contributed by atoms with Gasteiger partial charge >= 0.3 is 0 Å². The Balaban J connectivity index is 1.52. The van der Waals surface area contributed by atoms with Gasteiger partial charge < -0.3 is 9.47 Å². The summed E-state index contributed by atoms with van der Waals surface area (Å²) >= 11 is 1.27. The van der Waals surface area contributed by atoms with Gasteiger partial charge in [0.25, 0.3) is 5.91 Å². The van der Waals surface area contributed by atoms with E-state index in [-0.39, 0.29) is 11.7 Å². The number of rotatable bonds is 9. The van der Waals surface area contributed by atoms with Crippen LogP contribution < -0.4 is 14.9 Å². The fourth-order valence-electron chi connectivity index (χ4n) is 2.83. The van der Waals surface area contributed by atoms with Gasteiger partial charge in [-0.3, -0.25) is 4.79 Å². The molecule has 0 saturated carbocycles. The van der Waals surface area contributed by atoms with Crippen molar-refractivity contribution in [2.24, 2.45) is 5.10 Å². The summed E-state index contributed by atoms with van der Waals surface area (Å²) in [4.78, 5) is 20.7. The molecule has 166 valence electrons. The third-order valence-electron chi connectivity index (χ3n) is 4.40. The topological polar surface area (TPSA) is 85.7 Å². The van der Waals surface area contributed by atoms with Gasteiger partial charge in [0.2, 0.25) is 0 Å². The Labute approximate surface area is 192 Å². The lowest BCUT2D eigenvalue weighted by Crippen LogP contribution is -2.19. The van der Waals surface area contributed by atoms with E-state index in [0.717, 1.165) is 22.5 Å². The molecule has 1 aromatic heterocycles. The van der Waals surface area contributed by atoms with Gasteiger partial charge in [0, 0.05) is 11.4 Å². The zero-order valence-electron chi connectivity index (χ0n) is 18.6. The van der Waals surface area contributed by atoms with E-state index in [4.69, 9.17) is 9.47 Å². The van der Waals surface area contributed by atoms with Crippen LogP contribution in [0.5, 0.6) is 11.5 Å². The van der Waals surface area contributed by atoms with Crippen molar-refractivity contribution in [1.82, 2.24) is 15.4 Å². The SMILES string of the molecule is COc1cc(/C=N\NC(=O)CSc2nc(C)cc(C)n2)ccc1OCc1ccc(C)cc1. The largest absolute Gasteiger partial charge is 0.493 e. The lowest BCUT2D eigenvalue weighted by Gasteiger charge is -2.11. The van der Waals surface area contributed by atoms with Crippen molar-refractivity contribution < 1.29 is 14.3 Å². The van der Waals surface area contributed by atoms with Gasteiger partial charge in [0.1, 0.15) is 6.61 Å². The highest BCUT2D eigenvalue weighted by Gasteiger charge is 2.07. The maximum atomic E-state index is 12.0. The second-order valence-electron chi connectivity index (χ2n) is 7.20. The number of hydrogen-bond donors (Lipinski definition) is 1. The minimum atomic E-state index is -0.237. The summed E-state index contributed by atoms with van der Waals surface area (Å²) in [7, 11) is 1.59. The van der Waals surface area contributed by atoms with Gasteiger partial charge in [-0.15, -0.1) is 0 Å². The molecule has 3 rings (SSSR count). The molecule has 8 heteroatoms. The number of carbonyl (C=O) groups excluding carboxylic acids is 1. The Bertz CT molecular complexity index is 1080. The normalized spacial score (nSPS) is 10.9. The van der Waals surface area contributed by atoms with Crippen molar-refractivity contribution in [3.05, 3.63) is 76.6 Å². The average Bonchev–Trinajstić information content (AvgIpc) is 2.77. The number of benzene rings is 2. The molecule has 2 aromatic carbocycles. The minimum Gasteiger partial charge on any atom is -0.493 e. The molecule has 0 aliphatic rings. The Morgan fingerprint density at radius 2 is 1.75 bits per heavy atom. The van der Waals surface area contributed by atoms with Crippen LogP contribution in [0, 0.1) is 20.8 Å². The molecule has 0 radical (unpaired) electrons. The third-order valence-corrected chi connectivity index (χ3v) is 5.25. The zero-order chi connectivity index (χ0) is 22.9. The maximum absolute atomic E-state index is 12.0. The molecule has 1 heterocycles. The highest BCUT2D eigenvalue weighted by Crippen LogP contribution is 2.28. The summed E-state index contributed by atoms with van der Waals surface area (Å²) in [5.74, 6) is 1.17. The number of nitrogens with zero attached hydrogens (tertiary/aromatic N) is 3. The van der Waals surface area contributed by atoms with Crippen molar-refractivity contribution in [3.8, 4) is 11.5 Å². The molecule has 0 spiro atoms. The molecule has 0 aliphatic heterocycles. The second kappa shape index (κ2) is 11.3. The monoisotopic (exact) mass is 450 g/mol. The van der Waals surface area contributed by atoms with E-state index in [2.05, 4.69) is 39.6 Å². The van der Waals surface area contributed by atoms with E-state index < -0.39 is 0 Å². The lowest BCUT2D eigenvalue weighted by atomic mass is 10.2. The lowest BCUT2D eigenvalue weighted by molar-refractivity contribution is -0.118. The summed E-state index contributed by atoms with van der Waals surface area (Å²) in [6, 6.07) is 15.5. The smallest absolute Gasteiger partial charge is 0.250 e. The number of nitrogens with one attached hydrogen (secondary N) is 1. The first-order valence-electron chi connectivity index (χ1n) is 10.1. The quantitative estimate of drug-likeness (QED) is 0.227. The molecular weight excluding hydrogens is 424 g/mol. The molecule has 1 amide bonds. The first kappa shape index (κ1) is 23.3. The van der Waals surface area contributed by atoms with E-state index in [1.165, 1.54) is 17.3 Å². The number of thioether (sulfide) groups is 1. The minimum absolute atomic E-state index is 0.176. The van der Waals surface area contributed by atoms with E-state index in [9.17, 15) is 4.79 Å². The van der Waals surface area contributed by atoms with E-state index in [1.807, 2.05) is 44.2 Å². The van der Waals surface area contributed by atoms with Gasteiger partial charge in [-0.1, -0.05) is 41.6 Å². The summed E-state index contributed by atoms with van der Waals surface area (Å²) in [6.45, 7) is 6.29. The number of aryl methyl sites for hydroxylation is 3. The Kier molecular flexibility index (Phi) is 8.21. The molecular formula is C24H26N4O3S. The highest BCUT2D eigenvalue weighted by molar-refractivity contribution is 7.99. The van der Waals surface area contributed by atoms with Crippen molar-refractivity contribution in [2.45, 2.75) is 32.5 Å².